The van der Waals surface area contributed by atoms with Crippen LogP contribution in [0.4, 0.5) is 16.4 Å². The summed E-state index contributed by atoms with van der Waals surface area (Å²) in [7, 11) is 0. The van der Waals surface area contributed by atoms with Gasteiger partial charge in [-0.15, -0.1) is 10.2 Å². The van der Waals surface area contributed by atoms with Gasteiger partial charge in [-0.05, 0) is 6.07 Å². The molecule has 0 atom stereocenters. The van der Waals surface area contributed by atoms with Gasteiger partial charge in [0.1, 0.15) is 0 Å². The van der Waals surface area contributed by atoms with Crippen molar-refractivity contribution in [3.8, 4) is 0 Å². The van der Waals surface area contributed by atoms with Crippen LogP contribution in [-0.2, 0) is 4.79 Å². The highest BCUT2D eigenvalue weighted by atomic mass is 16.2. The zero-order valence-electron chi connectivity index (χ0n) is 9.33. The quantitative estimate of drug-likeness (QED) is 0.722. The summed E-state index contributed by atoms with van der Waals surface area (Å²) in [6, 6.07) is 2.99. The van der Waals surface area contributed by atoms with Gasteiger partial charge >= 0.3 is 6.03 Å². The van der Waals surface area contributed by atoms with Crippen molar-refractivity contribution < 1.29 is 9.59 Å². The van der Waals surface area contributed by atoms with Crippen LogP contribution in [0.15, 0.2) is 18.3 Å². The standard InChI is InChI=1S/C10H10N6O2/c11-9-14-13-7-5-6(1-3-16(7)9)15-4-2-8(17)12-10(15)18/h1,3,5H,2,4H2,(H2,11,14)(H,12,17,18). The third-order valence-corrected chi connectivity index (χ3v) is 2.79. The van der Waals surface area contributed by atoms with Crippen LogP contribution in [0, 0.1) is 0 Å². The Hall–Kier alpha value is -2.64. The first-order valence-electron chi connectivity index (χ1n) is 5.37. The fourth-order valence-corrected chi connectivity index (χ4v) is 1.88. The zero-order valence-corrected chi connectivity index (χ0v) is 9.33. The number of aromatic nitrogens is 3. The molecule has 1 aliphatic rings. The molecule has 1 saturated heterocycles. The Balaban J connectivity index is 1.99. The molecule has 18 heavy (non-hydrogen) atoms. The van der Waals surface area contributed by atoms with Crippen molar-refractivity contribution in [1.29, 1.82) is 0 Å². The largest absolute Gasteiger partial charge is 0.368 e. The number of pyridine rings is 1. The van der Waals surface area contributed by atoms with Gasteiger partial charge in [-0.25, -0.2) is 4.79 Å². The lowest BCUT2D eigenvalue weighted by Crippen LogP contribution is -2.49. The number of hydrogen-bond donors (Lipinski definition) is 2. The maximum absolute atomic E-state index is 11.7. The van der Waals surface area contributed by atoms with E-state index < -0.39 is 6.03 Å². The molecule has 0 unspecified atom stereocenters. The predicted molar refractivity (Wildman–Crippen MR) is 62.9 cm³/mol. The Labute approximate surface area is 101 Å². The van der Waals surface area contributed by atoms with E-state index in [1.54, 1.807) is 22.7 Å². The number of amides is 3. The minimum absolute atomic E-state index is 0.260. The fraction of sp³-hybridized carbons (Fsp3) is 0.200. The van der Waals surface area contributed by atoms with Gasteiger partial charge in [0.25, 0.3) is 0 Å². The van der Waals surface area contributed by atoms with Crippen LogP contribution < -0.4 is 16.0 Å². The third-order valence-electron chi connectivity index (χ3n) is 2.79. The number of carbonyl (C=O) groups is 2. The fourth-order valence-electron chi connectivity index (χ4n) is 1.88. The molecule has 0 bridgehead atoms. The molecule has 1 fully saturated rings. The first kappa shape index (κ1) is 10.5. The maximum Gasteiger partial charge on any atom is 0.328 e. The van der Waals surface area contributed by atoms with Crippen LogP contribution in [-0.4, -0.2) is 33.1 Å². The van der Waals surface area contributed by atoms with Crippen LogP contribution >= 0.6 is 0 Å². The Bertz CT molecular complexity index is 649. The van der Waals surface area contributed by atoms with Crippen molar-refractivity contribution in [2.75, 3.05) is 17.2 Å². The van der Waals surface area contributed by atoms with Gasteiger partial charge in [-0.1, -0.05) is 0 Å². The number of nitrogens with two attached hydrogens (primary N) is 1. The molecule has 0 saturated carbocycles. The minimum atomic E-state index is -0.428. The van der Waals surface area contributed by atoms with E-state index in [-0.39, 0.29) is 18.3 Å². The molecule has 3 amide bonds. The number of rotatable bonds is 1. The summed E-state index contributed by atoms with van der Waals surface area (Å²) >= 11 is 0. The van der Waals surface area contributed by atoms with E-state index in [0.717, 1.165) is 0 Å². The SMILES string of the molecule is Nc1nnc2cc(N3CCC(=O)NC3=O)ccn12. The van der Waals surface area contributed by atoms with Crippen molar-refractivity contribution >= 4 is 29.2 Å². The molecule has 3 rings (SSSR count). The second kappa shape index (κ2) is 3.69. The van der Waals surface area contributed by atoms with Crippen LogP contribution in [0.2, 0.25) is 0 Å². The number of imide groups is 1. The highest BCUT2D eigenvalue weighted by Gasteiger charge is 2.24. The zero-order chi connectivity index (χ0) is 12.7. The summed E-state index contributed by atoms with van der Waals surface area (Å²) in [5.74, 6) is 0.0267. The van der Waals surface area contributed by atoms with Crippen molar-refractivity contribution in [2.45, 2.75) is 6.42 Å². The monoisotopic (exact) mass is 246 g/mol. The molecule has 3 N–H and O–H groups in total. The smallest absolute Gasteiger partial charge is 0.328 e. The van der Waals surface area contributed by atoms with Crippen LogP contribution in [0.3, 0.4) is 0 Å². The number of hydrogen-bond acceptors (Lipinski definition) is 5. The van der Waals surface area contributed by atoms with E-state index in [1.165, 1.54) is 4.90 Å². The van der Waals surface area contributed by atoms with E-state index in [2.05, 4.69) is 15.5 Å². The Morgan fingerprint density at radius 1 is 1.33 bits per heavy atom. The Kier molecular flexibility index (Phi) is 2.15. The van der Waals surface area contributed by atoms with Gasteiger partial charge in [-0.3, -0.25) is 19.4 Å². The molecule has 0 aromatic carbocycles. The van der Waals surface area contributed by atoms with Gasteiger partial charge in [0.15, 0.2) is 5.65 Å². The molecule has 8 nitrogen and oxygen atoms in total. The third kappa shape index (κ3) is 1.54. The number of carbonyl (C=O) groups excluding carboxylic acids is 2. The summed E-state index contributed by atoms with van der Waals surface area (Å²) in [6.07, 6.45) is 1.97. The van der Waals surface area contributed by atoms with E-state index in [0.29, 0.717) is 17.9 Å². The number of fused-ring (bicyclic) bond motifs is 1. The molecule has 1 aliphatic heterocycles. The maximum atomic E-state index is 11.7. The van der Waals surface area contributed by atoms with Crippen molar-refractivity contribution in [3.05, 3.63) is 18.3 Å². The van der Waals surface area contributed by atoms with E-state index in [4.69, 9.17) is 5.73 Å². The molecule has 92 valence electrons. The first-order chi connectivity index (χ1) is 8.65. The molecular weight excluding hydrogens is 236 g/mol. The Morgan fingerprint density at radius 3 is 2.94 bits per heavy atom. The van der Waals surface area contributed by atoms with Crippen LogP contribution in [0.1, 0.15) is 6.42 Å². The normalized spacial score (nSPS) is 16.1. The lowest BCUT2D eigenvalue weighted by Gasteiger charge is -2.26. The number of anilines is 2. The van der Waals surface area contributed by atoms with Crippen molar-refractivity contribution in [3.63, 3.8) is 0 Å². The number of nitrogens with zero attached hydrogens (tertiary/aromatic N) is 4. The average molecular weight is 246 g/mol. The highest BCUT2D eigenvalue weighted by molar-refractivity contribution is 6.05. The summed E-state index contributed by atoms with van der Waals surface area (Å²) in [5, 5.41) is 9.87. The van der Waals surface area contributed by atoms with Crippen LogP contribution in [0.25, 0.3) is 5.65 Å². The molecule has 0 spiro atoms. The first-order valence-corrected chi connectivity index (χ1v) is 5.37. The molecule has 2 aromatic heterocycles. The molecule has 0 aliphatic carbocycles. The molecule has 2 aromatic rings. The number of urea groups is 1. The second-order valence-corrected chi connectivity index (χ2v) is 3.93. The molecule has 3 heterocycles. The average Bonchev–Trinajstić information content (AvgIpc) is 2.71. The predicted octanol–water partition coefficient (Wildman–Crippen LogP) is -0.242. The van der Waals surface area contributed by atoms with E-state index >= 15 is 0 Å². The van der Waals surface area contributed by atoms with E-state index in [9.17, 15) is 9.59 Å². The number of nitrogen functional groups attached to an aromatic ring is 1. The lowest BCUT2D eigenvalue weighted by molar-refractivity contribution is -0.120. The lowest BCUT2D eigenvalue weighted by atomic mass is 10.2. The van der Waals surface area contributed by atoms with Crippen molar-refractivity contribution in [2.24, 2.45) is 0 Å². The van der Waals surface area contributed by atoms with Gasteiger partial charge < -0.3 is 5.73 Å². The summed E-state index contributed by atoms with van der Waals surface area (Å²) < 4.78 is 1.61. The molecule has 8 heteroatoms. The second-order valence-electron chi connectivity index (χ2n) is 3.93. The van der Waals surface area contributed by atoms with Crippen LogP contribution in [0.5, 0.6) is 0 Å². The Morgan fingerprint density at radius 2 is 2.17 bits per heavy atom. The number of nitrogens with one attached hydrogen (secondary N) is 1. The van der Waals surface area contributed by atoms with Gasteiger partial charge in [0, 0.05) is 25.2 Å². The summed E-state index contributed by atoms with van der Waals surface area (Å²) in [5.41, 5.74) is 6.81. The minimum Gasteiger partial charge on any atom is -0.368 e. The summed E-state index contributed by atoms with van der Waals surface area (Å²) in [4.78, 5) is 24.2. The highest BCUT2D eigenvalue weighted by Crippen LogP contribution is 2.19. The van der Waals surface area contributed by atoms with Gasteiger partial charge in [0.05, 0.1) is 5.69 Å². The van der Waals surface area contributed by atoms with E-state index in [1.807, 2.05) is 0 Å². The molecule has 0 radical (unpaired) electrons. The summed E-state index contributed by atoms with van der Waals surface area (Å²) in [6.45, 7) is 0.352. The van der Waals surface area contributed by atoms with Gasteiger partial charge in [0.2, 0.25) is 11.9 Å². The topological polar surface area (TPSA) is 106 Å². The van der Waals surface area contributed by atoms with Gasteiger partial charge in [-0.2, -0.15) is 0 Å². The van der Waals surface area contributed by atoms with Crippen molar-refractivity contribution in [1.82, 2.24) is 19.9 Å². The molecular formula is C10H10N6O2.